The Labute approximate surface area is 184 Å². The molecule has 0 aliphatic rings. The molecule has 0 fully saturated rings. The highest BCUT2D eigenvalue weighted by Crippen LogP contribution is 2.29. The summed E-state index contributed by atoms with van der Waals surface area (Å²) in [6.45, 7) is 8.24. The molecule has 0 unspecified atom stereocenters. The van der Waals surface area contributed by atoms with Gasteiger partial charge in [0.2, 0.25) is 5.91 Å². The van der Waals surface area contributed by atoms with Crippen molar-refractivity contribution in [2.45, 2.75) is 65.3 Å². The van der Waals surface area contributed by atoms with E-state index in [4.69, 9.17) is 14.2 Å². The summed E-state index contributed by atoms with van der Waals surface area (Å²) in [5, 5.41) is 2.97. The van der Waals surface area contributed by atoms with Gasteiger partial charge >= 0.3 is 0 Å². The van der Waals surface area contributed by atoms with E-state index in [1.165, 1.54) is 12.1 Å². The summed E-state index contributed by atoms with van der Waals surface area (Å²) in [5.74, 6) is 0.980. The van der Waals surface area contributed by atoms with Gasteiger partial charge in [-0.15, -0.1) is 0 Å². The fourth-order valence-corrected chi connectivity index (χ4v) is 3.20. The number of ether oxygens (including phenoxy) is 3. The summed E-state index contributed by atoms with van der Waals surface area (Å²) < 4.78 is 30.1. The van der Waals surface area contributed by atoms with Gasteiger partial charge in [0.05, 0.1) is 19.3 Å². The summed E-state index contributed by atoms with van der Waals surface area (Å²) in [7, 11) is 1.61. The average Bonchev–Trinajstić information content (AvgIpc) is 2.72. The standard InChI is InChI=1S/C25H34FNO4/c1-17(2)30-22-12-9-20(16-24(22)29-5)14-15-27-25(28)23(31-18(3)4)13-8-19-6-10-21(26)11-7-19/h6-7,9-12,16-18,23H,8,13-15H2,1-5H3,(H,27,28)/t23-/m0/s1. The van der Waals surface area contributed by atoms with Gasteiger partial charge in [-0.1, -0.05) is 18.2 Å². The zero-order chi connectivity index (χ0) is 22.8. The number of nitrogens with one attached hydrogen (secondary N) is 1. The van der Waals surface area contributed by atoms with Gasteiger partial charge in [0, 0.05) is 6.54 Å². The number of hydrogen-bond acceptors (Lipinski definition) is 4. The third kappa shape index (κ3) is 8.58. The second-order valence-electron chi connectivity index (χ2n) is 8.03. The van der Waals surface area contributed by atoms with Crippen molar-refractivity contribution < 1.29 is 23.4 Å². The van der Waals surface area contributed by atoms with E-state index in [9.17, 15) is 9.18 Å². The van der Waals surface area contributed by atoms with E-state index in [1.807, 2.05) is 45.9 Å². The number of hydrogen-bond donors (Lipinski definition) is 1. The first-order valence-electron chi connectivity index (χ1n) is 10.8. The Bertz CT molecular complexity index is 821. The van der Waals surface area contributed by atoms with Crippen LogP contribution in [0.25, 0.3) is 0 Å². The van der Waals surface area contributed by atoms with Crippen molar-refractivity contribution in [2.75, 3.05) is 13.7 Å². The molecule has 2 aromatic rings. The Kier molecular flexibility index (Phi) is 9.79. The van der Waals surface area contributed by atoms with Gasteiger partial charge in [-0.25, -0.2) is 4.39 Å². The van der Waals surface area contributed by atoms with E-state index in [-0.39, 0.29) is 23.9 Å². The number of carbonyl (C=O) groups is 1. The first kappa shape index (κ1) is 24.7. The van der Waals surface area contributed by atoms with Gasteiger partial charge in [-0.05, 0) is 82.3 Å². The molecule has 0 aliphatic heterocycles. The zero-order valence-corrected chi connectivity index (χ0v) is 19.1. The Morgan fingerprint density at radius 1 is 0.935 bits per heavy atom. The Morgan fingerprint density at radius 3 is 2.23 bits per heavy atom. The minimum Gasteiger partial charge on any atom is -0.493 e. The van der Waals surface area contributed by atoms with Gasteiger partial charge in [0.25, 0.3) is 0 Å². The molecule has 0 aromatic heterocycles. The Hall–Kier alpha value is -2.60. The molecule has 0 spiro atoms. The van der Waals surface area contributed by atoms with E-state index in [2.05, 4.69) is 5.32 Å². The minimum absolute atomic E-state index is 0.0619. The predicted octanol–water partition coefficient (Wildman–Crippen LogP) is 4.71. The average molecular weight is 432 g/mol. The molecule has 0 saturated heterocycles. The van der Waals surface area contributed by atoms with Crippen molar-refractivity contribution in [3.63, 3.8) is 0 Å². The molecular weight excluding hydrogens is 397 g/mol. The highest BCUT2D eigenvalue weighted by atomic mass is 19.1. The first-order valence-corrected chi connectivity index (χ1v) is 10.8. The normalized spacial score (nSPS) is 12.1. The molecule has 5 nitrogen and oxygen atoms in total. The quantitative estimate of drug-likeness (QED) is 0.529. The third-order valence-electron chi connectivity index (χ3n) is 4.64. The Balaban J connectivity index is 1.90. The lowest BCUT2D eigenvalue weighted by atomic mass is 10.1. The van der Waals surface area contributed by atoms with Crippen molar-refractivity contribution in [2.24, 2.45) is 0 Å². The summed E-state index contributed by atoms with van der Waals surface area (Å²) in [6.07, 6.45) is 1.27. The summed E-state index contributed by atoms with van der Waals surface area (Å²) in [6, 6.07) is 12.1. The largest absolute Gasteiger partial charge is 0.493 e. The second kappa shape index (κ2) is 12.3. The van der Waals surface area contributed by atoms with Crippen LogP contribution in [0.3, 0.4) is 0 Å². The maximum absolute atomic E-state index is 13.1. The van der Waals surface area contributed by atoms with Crippen molar-refractivity contribution >= 4 is 5.91 Å². The molecule has 0 heterocycles. The van der Waals surface area contributed by atoms with Crippen molar-refractivity contribution in [1.82, 2.24) is 5.32 Å². The molecule has 6 heteroatoms. The topological polar surface area (TPSA) is 56.8 Å². The fraction of sp³-hybridized carbons (Fsp3) is 0.480. The van der Waals surface area contributed by atoms with Crippen LogP contribution in [0, 0.1) is 5.82 Å². The highest BCUT2D eigenvalue weighted by Gasteiger charge is 2.20. The smallest absolute Gasteiger partial charge is 0.249 e. The molecule has 31 heavy (non-hydrogen) atoms. The molecule has 0 aliphatic carbocycles. The lowest BCUT2D eigenvalue weighted by Gasteiger charge is -2.20. The number of rotatable bonds is 12. The van der Waals surface area contributed by atoms with Crippen LogP contribution in [-0.4, -0.2) is 37.9 Å². The van der Waals surface area contributed by atoms with Crippen molar-refractivity contribution in [1.29, 1.82) is 0 Å². The maximum Gasteiger partial charge on any atom is 0.249 e. The molecule has 1 atom stereocenters. The molecule has 2 rings (SSSR count). The molecule has 1 amide bonds. The zero-order valence-electron chi connectivity index (χ0n) is 19.1. The van der Waals surface area contributed by atoms with Crippen LogP contribution in [0.15, 0.2) is 42.5 Å². The van der Waals surface area contributed by atoms with Crippen molar-refractivity contribution in [3.05, 3.63) is 59.4 Å². The molecule has 170 valence electrons. The molecule has 2 aromatic carbocycles. The number of aryl methyl sites for hydroxylation is 1. The van der Waals surface area contributed by atoms with Gasteiger partial charge in [0.1, 0.15) is 11.9 Å². The number of amides is 1. The first-order chi connectivity index (χ1) is 14.8. The van der Waals surface area contributed by atoms with Crippen LogP contribution < -0.4 is 14.8 Å². The summed E-state index contributed by atoms with van der Waals surface area (Å²) >= 11 is 0. The molecular formula is C25H34FNO4. The number of halogens is 1. The third-order valence-corrected chi connectivity index (χ3v) is 4.64. The monoisotopic (exact) mass is 431 g/mol. The highest BCUT2D eigenvalue weighted by molar-refractivity contribution is 5.80. The fourth-order valence-electron chi connectivity index (χ4n) is 3.20. The summed E-state index contributed by atoms with van der Waals surface area (Å²) in [4.78, 5) is 12.7. The number of benzene rings is 2. The van der Waals surface area contributed by atoms with Crippen LogP contribution >= 0.6 is 0 Å². The van der Waals surface area contributed by atoms with Crippen LogP contribution in [0.1, 0.15) is 45.2 Å². The molecule has 1 N–H and O–H groups in total. The molecule has 0 bridgehead atoms. The lowest BCUT2D eigenvalue weighted by molar-refractivity contribution is -0.136. The predicted molar refractivity (Wildman–Crippen MR) is 120 cm³/mol. The number of carbonyl (C=O) groups excluding carboxylic acids is 1. The molecule has 0 radical (unpaired) electrons. The molecule has 0 saturated carbocycles. The van der Waals surface area contributed by atoms with E-state index in [1.54, 1.807) is 19.2 Å². The van der Waals surface area contributed by atoms with E-state index in [0.717, 1.165) is 11.1 Å². The van der Waals surface area contributed by atoms with Crippen molar-refractivity contribution in [3.8, 4) is 11.5 Å². The minimum atomic E-state index is -0.554. The van der Waals surface area contributed by atoms with E-state index < -0.39 is 6.10 Å². The van der Waals surface area contributed by atoms with Gasteiger partial charge in [-0.2, -0.15) is 0 Å². The number of methoxy groups -OCH3 is 1. The summed E-state index contributed by atoms with van der Waals surface area (Å²) in [5.41, 5.74) is 2.02. The SMILES string of the molecule is COc1cc(CCNC(=O)[C@H](CCc2ccc(F)cc2)OC(C)C)ccc1OC(C)C. The van der Waals surface area contributed by atoms with Crippen LogP contribution in [0.2, 0.25) is 0 Å². The lowest BCUT2D eigenvalue weighted by Crippen LogP contribution is -2.39. The maximum atomic E-state index is 13.1. The van der Waals surface area contributed by atoms with Crippen LogP contribution in [0.4, 0.5) is 4.39 Å². The van der Waals surface area contributed by atoms with E-state index in [0.29, 0.717) is 37.3 Å². The second-order valence-corrected chi connectivity index (χ2v) is 8.03. The van der Waals surface area contributed by atoms with Gasteiger partial charge in [0.15, 0.2) is 11.5 Å². The van der Waals surface area contributed by atoms with Gasteiger partial charge < -0.3 is 19.5 Å². The van der Waals surface area contributed by atoms with Crippen LogP contribution in [0.5, 0.6) is 11.5 Å². The Morgan fingerprint density at radius 2 is 1.61 bits per heavy atom. The van der Waals surface area contributed by atoms with Gasteiger partial charge in [-0.3, -0.25) is 4.79 Å². The van der Waals surface area contributed by atoms with E-state index >= 15 is 0 Å². The van der Waals surface area contributed by atoms with Crippen LogP contribution in [-0.2, 0) is 22.4 Å².